The van der Waals surface area contributed by atoms with Crippen molar-refractivity contribution in [3.63, 3.8) is 0 Å². The fourth-order valence-corrected chi connectivity index (χ4v) is 8.21. The third-order valence-electron chi connectivity index (χ3n) is 11.0. The standard InChI is InChI=1S/C49H35N3/c1-49(2)44-28-35(32-14-16-33(17-15-32)37-20-24-46(51-31-37)38-9-8-26-50-30-38)18-22-40(44)41-23-19-36(29-45(41)49)34-21-25-48-43(27-34)42-12-6-7-13-47(42)52(48)39-10-4-3-5-11-39/h3-31H,1-2H3. The third kappa shape index (κ3) is 4.81. The molecule has 0 amide bonds. The van der Waals surface area contributed by atoms with Crippen molar-refractivity contribution in [3.8, 4) is 61.5 Å². The van der Waals surface area contributed by atoms with E-state index in [1.807, 2.05) is 24.5 Å². The van der Waals surface area contributed by atoms with Gasteiger partial charge in [0.25, 0.3) is 0 Å². The van der Waals surface area contributed by atoms with E-state index in [4.69, 9.17) is 4.98 Å². The van der Waals surface area contributed by atoms with Crippen LogP contribution in [0, 0.1) is 0 Å². The molecule has 0 N–H and O–H groups in total. The predicted octanol–water partition coefficient (Wildman–Crippen LogP) is 12.5. The first kappa shape index (κ1) is 30.3. The average Bonchev–Trinajstić information content (AvgIpc) is 3.66. The van der Waals surface area contributed by atoms with Gasteiger partial charge in [-0.05, 0) is 111 Å². The van der Waals surface area contributed by atoms with Gasteiger partial charge in [-0.3, -0.25) is 9.97 Å². The van der Waals surface area contributed by atoms with E-state index >= 15 is 0 Å². The van der Waals surface area contributed by atoms with Crippen LogP contribution in [0.25, 0.3) is 83.3 Å². The molecule has 3 aromatic heterocycles. The second-order valence-electron chi connectivity index (χ2n) is 14.3. The molecule has 0 spiro atoms. The first-order chi connectivity index (χ1) is 25.5. The van der Waals surface area contributed by atoms with Crippen molar-refractivity contribution < 1.29 is 0 Å². The van der Waals surface area contributed by atoms with Crippen LogP contribution in [0.2, 0.25) is 0 Å². The molecule has 3 heterocycles. The summed E-state index contributed by atoms with van der Waals surface area (Å²) >= 11 is 0. The van der Waals surface area contributed by atoms with Gasteiger partial charge in [0.05, 0.1) is 16.7 Å². The summed E-state index contributed by atoms with van der Waals surface area (Å²) in [5.41, 5.74) is 18.0. The highest BCUT2D eigenvalue weighted by Crippen LogP contribution is 2.51. The second kappa shape index (κ2) is 11.8. The van der Waals surface area contributed by atoms with Crippen molar-refractivity contribution in [2.45, 2.75) is 19.3 Å². The van der Waals surface area contributed by atoms with Crippen LogP contribution in [0.5, 0.6) is 0 Å². The Balaban J connectivity index is 0.965. The van der Waals surface area contributed by atoms with Crippen LogP contribution >= 0.6 is 0 Å². The van der Waals surface area contributed by atoms with Crippen LogP contribution in [0.4, 0.5) is 0 Å². The Kier molecular flexibility index (Phi) is 6.84. The minimum atomic E-state index is -0.133. The van der Waals surface area contributed by atoms with Gasteiger partial charge in [0.15, 0.2) is 0 Å². The highest BCUT2D eigenvalue weighted by Gasteiger charge is 2.36. The normalized spacial score (nSPS) is 13.0. The first-order valence-corrected chi connectivity index (χ1v) is 17.9. The van der Waals surface area contributed by atoms with Gasteiger partial charge < -0.3 is 4.57 Å². The summed E-state index contributed by atoms with van der Waals surface area (Å²) in [6.07, 6.45) is 5.58. The Bertz CT molecular complexity index is 2780. The van der Waals surface area contributed by atoms with Crippen molar-refractivity contribution >= 4 is 21.8 Å². The molecular weight excluding hydrogens is 631 g/mol. The Morgan fingerprint density at radius 2 is 1.04 bits per heavy atom. The van der Waals surface area contributed by atoms with Crippen LogP contribution in [0.1, 0.15) is 25.0 Å². The minimum absolute atomic E-state index is 0.133. The number of hydrogen-bond donors (Lipinski definition) is 0. The lowest BCUT2D eigenvalue weighted by Crippen LogP contribution is -2.15. The molecule has 246 valence electrons. The molecule has 9 aromatic rings. The number of benzene rings is 6. The number of aromatic nitrogens is 3. The largest absolute Gasteiger partial charge is 0.309 e. The lowest BCUT2D eigenvalue weighted by atomic mass is 9.80. The zero-order chi connectivity index (χ0) is 34.8. The Morgan fingerprint density at radius 3 is 1.73 bits per heavy atom. The molecule has 0 saturated carbocycles. The van der Waals surface area contributed by atoms with E-state index in [1.54, 1.807) is 6.20 Å². The van der Waals surface area contributed by atoms with Gasteiger partial charge >= 0.3 is 0 Å². The van der Waals surface area contributed by atoms with E-state index in [9.17, 15) is 0 Å². The number of fused-ring (bicyclic) bond motifs is 6. The number of rotatable bonds is 5. The molecule has 1 aliphatic rings. The van der Waals surface area contributed by atoms with E-state index in [0.717, 1.165) is 22.4 Å². The van der Waals surface area contributed by atoms with Crippen LogP contribution in [0.15, 0.2) is 176 Å². The maximum atomic E-state index is 4.70. The van der Waals surface area contributed by atoms with Gasteiger partial charge in [-0.25, -0.2) is 0 Å². The molecule has 3 heteroatoms. The Hall–Kier alpha value is -6.58. The average molecular weight is 666 g/mol. The summed E-state index contributed by atoms with van der Waals surface area (Å²) in [7, 11) is 0. The second-order valence-corrected chi connectivity index (χ2v) is 14.3. The van der Waals surface area contributed by atoms with Crippen LogP contribution < -0.4 is 0 Å². The van der Waals surface area contributed by atoms with Gasteiger partial charge in [-0.2, -0.15) is 0 Å². The maximum Gasteiger partial charge on any atom is 0.0717 e. The number of hydrogen-bond acceptors (Lipinski definition) is 2. The maximum absolute atomic E-state index is 4.70. The topological polar surface area (TPSA) is 30.7 Å². The molecular formula is C49H35N3. The van der Waals surface area contributed by atoms with Crippen LogP contribution in [-0.2, 0) is 5.41 Å². The van der Waals surface area contributed by atoms with E-state index in [1.165, 1.54) is 72.0 Å². The fraction of sp³-hybridized carbons (Fsp3) is 0.0612. The summed E-state index contributed by atoms with van der Waals surface area (Å²) in [6, 6.07) is 57.4. The lowest BCUT2D eigenvalue weighted by molar-refractivity contribution is 0.661. The predicted molar refractivity (Wildman–Crippen MR) is 216 cm³/mol. The Morgan fingerprint density at radius 1 is 0.442 bits per heavy atom. The molecule has 3 nitrogen and oxygen atoms in total. The van der Waals surface area contributed by atoms with E-state index in [0.29, 0.717) is 0 Å². The minimum Gasteiger partial charge on any atom is -0.309 e. The molecule has 6 aromatic carbocycles. The molecule has 52 heavy (non-hydrogen) atoms. The van der Waals surface area contributed by atoms with Gasteiger partial charge in [0.2, 0.25) is 0 Å². The zero-order valence-corrected chi connectivity index (χ0v) is 29.1. The van der Waals surface area contributed by atoms with Crippen LogP contribution in [0.3, 0.4) is 0 Å². The molecule has 0 fully saturated rings. The molecule has 0 saturated heterocycles. The third-order valence-corrected chi connectivity index (χ3v) is 11.0. The molecule has 0 atom stereocenters. The smallest absolute Gasteiger partial charge is 0.0717 e. The molecule has 0 aliphatic heterocycles. The van der Waals surface area contributed by atoms with Gasteiger partial charge in [0, 0.05) is 51.6 Å². The van der Waals surface area contributed by atoms with Crippen molar-refractivity contribution in [2.75, 3.05) is 0 Å². The quantitative estimate of drug-likeness (QED) is 0.183. The van der Waals surface area contributed by atoms with Gasteiger partial charge in [-0.1, -0.05) is 111 Å². The van der Waals surface area contributed by atoms with Crippen molar-refractivity contribution in [3.05, 3.63) is 187 Å². The zero-order valence-electron chi connectivity index (χ0n) is 29.1. The SMILES string of the molecule is CC1(C)c2cc(-c3ccc(-c4ccc(-c5cccnc5)nc4)cc3)ccc2-c2ccc(-c3ccc4c(c3)c3ccccc3n4-c3ccccc3)cc21. The molecule has 1 aliphatic carbocycles. The molecule has 0 bridgehead atoms. The number of para-hydroxylation sites is 2. The summed E-state index contributed by atoms with van der Waals surface area (Å²) in [4.78, 5) is 8.93. The Labute approximate surface area is 303 Å². The highest BCUT2D eigenvalue weighted by molar-refractivity contribution is 6.10. The highest BCUT2D eigenvalue weighted by atomic mass is 15.0. The summed E-state index contributed by atoms with van der Waals surface area (Å²) < 4.78 is 2.38. The molecule has 0 radical (unpaired) electrons. The molecule has 10 rings (SSSR count). The monoisotopic (exact) mass is 665 g/mol. The summed E-state index contributed by atoms with van der Waals surface area (Å²) in [5, 5.41) is 2.54. The van der Waals surface area contributed by atoms with Crippen molar-refractivity contribution in [1.29, 1.82) is 0 Å². The van der Waals surface area contributed by atoms with E-state index in [2.05, 4.69) is 169 Å². The number of nitrogens with zero attached hydrogens (tertiary/aromatic N) is 3. The van der Waals surface area contributed by atoms with Gasteiger partial charge in [0.1, 0.15) is 0 Å². The fourth-order valence-electron chi connectivity index (χ4n) is 8.21. The van der Waals surface area contributed by atoms with E-state index < -0.39 is 0 Å². The van der Waals surface area contributed by atoms with Crippen LogP contribution in [-0.4, -0.2) is 14.5 Å². The van der Waals surface area contributed by atoms with Gasteiger partial charge in [-0.15, -0.1) is 0 Å². The van der Waals surface area contributed by atoms with Crippen molar-refractivity contribution in [1.82, 2.24) is 14.5 Å². The summed E-state index contributed by atoms with van der Waals surface area (Å²) in [5.74, 6) is 0. The summed E-state index contributed by atoms with van der Waals surface area (Å²) in [6.45, 7) is 4.74. The first-order valence-electron chi connectivity index (χ1n) is 17.9. The lowest BCUT2D eigenvalue weighted by Gasteiger charge is -2.22. The number of pyridine rings is 2. The van der Waals surface area contributed by atoms with E-state index in [-0.39, 0.29) is 5.41 Å². The molecule has 0 unspecified atom stereocenters. The van der Waals surface area contributed by atoms with Crippen molar-refractivity contribution in [2.24, 2.45) is 0 Å².